The van der Waals surface area contributed by atoms with Crippen LogP contribution in [-0.2, 0) is 27.4 Å². The third-order valence-electron chi connectivity index (χ3n) is 7.83. The van der Waals surface area contributed by atoms with E-state index in [1.54, 1.807) is 17.3 Å². The van der Waals surface area contributed by atoms with Crippen molar-refractivity contribution in [3.05, 3.63) is 108 Å². The molecule has 2 aromatic heterocycles. The number of amides is 2. The van der Waals surface area contributed by atoms with Gasteiger partial charge in [0.15, 0.2) is 0 Å². The molecule has 0 saturated carbocycles. The second kappa shape index (κ2) is 12.9. The predicted molar refractivity (Wildman–Crippen MR) is 166 cm³/mol. The fourth-order valence-electron chi connectivity index (χ4n) is 5.55. The number of ether oxygens (including phenoxy) is 1. The summed E-state index contributed by atoms with van der Waals surface area (Å²) >= 11 is 0. The van der Waals surface area contributed by atoms with Crippen LogP contribution in [0, 0.1) is 0 Å². The number of phenols is 1. The van der Waals surface area contributed by atoms with E-state index < -0.39 is 6.04 Å². The molecule has 1 saturated heterocycles. The summed E-state index contributed by atoms with van der Waals surface area (Å²) in [4.78, 5) is 35.5. The largest absolute Gasteiger partial charge is 0.507 e. The summed E-state index contributed by atoms with van der Waals surface area (Å²) in [6, 6.07) is 26.1. The van der Waals surface area contributed by atoms with Gasteiger partial charge in [0.25, 0.3) is 0 Å². The fourth-order valence-corrected chi connectivity index (χ4v) is 5.55. The maximum Gasteiger partial charge on any atom is 0.247 e. The highest BCUT2D eigenvalue weighted by Gasteiger charge is 2.28. The van der Waals surface area contributed by atoms with Crippen LogP contribution in [0.25, 0.3) is 33.3 Å². The zero-order chi connectivity index (χ0) is 29.6. The normalized spacial score (nSPS) is 13.7. The topological polar surface area (TPSA) is 108 Å². The lowest BCUT2D eigenvalue weighted by Gasteiger charge is -2.24. The van der Waals surface area contributed by atoms with Crippen molar-refractivity contribution < 1.29 is 19.4 Å². The van der Waals surface area contributed by atoms with Gasteiger partial charge in [-0.1, -0.05) is 66.7 Å². The molecule has 1 fully saturated rings. The van der Waals surface area contributed by atoms with Crippen LogP contribution in [0.2, 0.25) is 0 Å². The lowest BCUT2D eigenvalue weighted by atomic mass is 9.98. The van der Waals surface area contributed by atoms with Crippen molar-refractivity contribution >= 4 is 22.7 Å². The number of aromatic hydroxyl groups is 1. The number of nitrogens with one attached hydrogen (secondary N) is 2. The zero-order valence-corrected chi connectivity index (χ0v) is 23.8. The molecule has 1 unspecified atom stereocenters. The molecule has 0 bridgehead atoms. The average molecular weight is 575 g/mol. The Morgan fingerprint density at radius 1 is 0.930 bits per heavy atom. The second-order valence-electron chi connectivity index (χ2n) is 10.9. The number of aromatic amines is 1. The van der Waals surface area contributed by atoms with Crippen LogP contribution in [0.3, 0.4) is 0 Å². The van der Waals surface area contributed by atoms with E-state index in [-0.39, 0.29) is 30.6 Å². The number of rotatable bonds is 10. The second-order valence-corrected chi connectivity index (χ2v) is 10.9. The van der Waals surface area contributed by atoms with Crippen molar-refractivity contribution in [2.45, 2.75) is 31.9 Å². The number of benzene rings is 3. The number of likely N-dealkylation sites (tertiary alicyclic amines) is 1. The van der Waals surface area contributed by atoms with Crippen LogP contribution in [0.5, 0.6) is 5.75 Å². The highest BCUT2D eigenvalue weighted by atomic mass is 16.5. The molecule has 3 heterocycles. The lowest BCUT2D eigenvalue weighted by Crippen LogP contribution is -2.50. The molecule has 3 N–H and O–H groups in total. The number of hydrogen-bond acceptors (Lipinski definition) is 5. The minimum absolute atomic E-state index is 0.101. The standard InChI is InChI=1S/C35H34N4O4/c40-33(38-32(35(42)39-17-4-5-18-39)23-43-22-25-7-2-1-3-8-25)19-24-11-13-26(14-12-24)28-9-6-10-29(34(28)41)30-20-27-15-16-36-21-31(27)37-30/h1-3,6-16,20-21,32,37,41H,4-5,17-19,22-23H2,(H,38,40). The number of H-pyrrole nitrogens is 1. The van der Waals surface area contributed by atoms with Crippen LogP contribution >= 0.6 is 0 Å². The molecule has 0 spiro atoms. The number of para-hydroxylation sites is 1. The summed E-state index contributed by atoms with van der Waals surface area (Å²) in [5.74, 6) is -0.172. The van der Waals surface area contributed by atoms with Crippen molar-refractivity contribution in [1.82, 2.24) is 20.2 Å². The predicted octanol–water partition coefficient (Wildman–Crippen LogP) is 5.47. The Morgan fingerprint density at radius 2 is 1.70 bits per heavy atom. The molecule has 1 aliphatic rings. The van der Waals surface area contributed by atoms with Gasteiger partial charge in [0.2, 0.25) is 11.8 Å². The molecule has 218 valence electrons. The van der Waals surface area contributed by atoms with Gasteiger partial charge in [-0.2, -0.15) is 0 Å². The SMILES string of the molecule is O=C(Cc1ccc(-c2cccc(-c3cc4ccncc4[nH]3)c2O)cc1)NC(COCc1ccccc1)C(=O)N1CCCC1. The Morgan fingerprint density at radius 3 is 2.47 bits per heavy atom. The van der Waals surface area contributed by atoms with E-state index in [0.29, 0.717) is 30.8 Å². The molecule has 1 aliphatic heterocycles. The first kappa shape index (κ1) is 28.2. The minimum atomic E-state index is -0.742. The summed E-state index contributed by atoms with van der Waals surface area (Å²) in [7, 11) is 0. The maximum atomic E-state index is 13.2. The molecule has 1 atom stereocenters. The van der Waals surface area contributed by atoms with E-state index in [2.05, 4.69) is 15.3 Å². The molecule has 6 rings (SSSR count). The Bertz CT molecular complexity index is 1680. The Hall–Kier alpha value is -4.95. The van der Waals surface area contributed by atoms with Crippen LogP contribution in [0.1, 0.15) is 24.0 Å². The Labute approximate surface area is 250 Å². The maximum absolute atomic E-state index is 13.2. The summed E-state index contributed by atoms with van der Waals surface area (Å²) in [6.45, 7) is 1.89. The van der Waals surface area contributed by atoms with Crippen LogP contribution in [0.15, 0.2) is 97.3 Å². The molecular weight excluding hydrogens is 540 g/mol. The Balaban J connectivity index is 1.12. The first-order valence-corrected chi connectivity index (χ1v) is 14.6. The lowest BCUT2D eigenvalue weighted by molar-refractivity contribution is -0.137. The molecule has 0 aliphatic carbocycles. The fraction of sp³-hybridized carbons (Fsp3) is 0.229. The number of phenolic OH excluding ortho intramolecular Hbond substituents is 1. The van der Waals surface area contributed by atoms with Crippen LogP contribution in [-0.4, -0.2) is 57.5 Å². The van der Waals surface area contributed by atoms with Gasteiger partial charge in [0.1, 0.15) is 11.8 Å². The van der Waals surface area contributed by atoms with Crippen molar-refractivity contribution in [3.8, 4) is 28.1 Å². The number of carbonyl (C=O) groups excluding carboxylic acids is 2. The van der Waals surface area contributed by atoms with Crippen molar-refractivity contribution in [3.63, 3.8) is 0 Å². The number of aromatic nitrogens is 2. The number of nitrogens with zero attached hydrogens (tertiary/aromatic N) is 2. The van der Waals surface area contributed by atoms with Gasteiger partial charge in [-0.05, 0) is 47.7 Å². The summed E-state index contributed by atoms with van der Waals surface area (Å²) in [5, 5.41) is 15.1. The van der Waals surface area contributed by atoms with Gasteiger partial charge in [-0.3, -0.25) is 14.6 Å². The summed E-state index contributed by atoms with van der Waals surface area (Å²) < 4.78 is 5.86. The molecule has 8 nitrogen and oxygen atoms in total. The molecule has 43 heavy (non-hydrogen) atoms. The first-order chi connectivity index (χ1) is 21.0. The number of carbonyl (C=O) groups is 2. The number of pyridine rings is 1. The van der Waals surface area contributed by atoms with E-state index in [1.807, 2.05) is 84.9 Å². The Kier molecular flexibility index (Phi) is 8.47. The van der Waals surface area contributed by atoms with E-state index in [9.17, 15) is 14.7 Å². The molecule has 5 aromatic rings. The van der Waals surface area contributed by atoms with Crippen molar-refractivity contribution in [1.29, 1.82) is 0 Å². The van der Waals surface area contributed by atoms with Crippen molar-refractivity contribution in [2.75, 3.05) is 19.7 Å². The molecule has 0 radical (unpaired) electrons. The van der Waals surface area contributed by atoms with Gasteiger partial charge in [0.05, 0.1) is 37.0 Å². The van der Waals surface area contributed by atoms with Crippen LogP contribution in [0.4, 0.5) is 0 Å². The molecule has 3 aromatic carbocycles. The highest BCUT2D eigenvalue weighted by molar-refractivity contribution is 5.90. The number of hydrogen-bond donors (Lipinski definition) is 3. The van der Waals surface area contributed by atoms with Gasteiger partial charge in [-0.15, -0.1) is 0 Å². The van der Waals surface area contributed by atoms with E-state index in [4.69, 9.17) is 4.74 Å². The molecular formula is C35H34N4O4. The zero-order valence-electron chi connectivity index (χ0n) is 23.8. The number of fused-ring (bicyclic) bond motifs is 1. The van der Waals surface area contributed by atoms with E-state index in [1.165, 1.54) is 0 Å². The first-order valence-electron chi connectivity index (χ1n) is 14.6. The summed E-state index contributed by atoms with van der Waals surface area (Å²) in [6.07, 6.45) is 5.57. The van der Waals surface area contributed by atoms with Gasteiger partial charge >= 0.3 is 0 Å². The smallest absolute Gasteiger partial charge is 0.247 e. The van der Waals surface area contributed by atoms with Crippen molar-refractivity contribution in [2.24, 2.45) is 0 Å². The minimum Gasteiger partial charge on any atom is -0.507 e. The average Bonchev–Trinajstić information content (AvgIpc) is 3.72. The third kappa shape index (κ3) is 6.60. The molecule has 2 amide bonds. The van der Waals surface area contributed by atoms with Gasteiger partial charge in [0, 0.05) is 35.8 Å². The van der Waals surface area contributed by atoms with Gasteiger partial charge < -0.3 is 25.0 Å². The van der Waals surface area contributed by atoms with Crippen LogP contribution < -0.4 is 5.32 Å². The third-order valence-corrected chi connectivity index (χ3v) is 7.83. The quantitative estimate of drug-likeness (QED) is 0.205. The summed E-state index contributed by atoms with van der Waals surface area (Å²) in [5.41, 5.74) is 5.74. The van der Waals surface area contributed by atoms with E-state index >= 15 is 0 Å². The van der Waals surface area contributed by atoms with E-state index in [0.717, 1.165) is 46.1 Å². The highest BCUT2D eigenvalue weighted by Crippen LogP contribution is 2.38. The monoisotopic (exact) mass is 574 g/mol. The molecule has 8 heteroatoms. The van der Waals surface area contributed by atoms with Gasteiger partial charge in [-0.25, -0.2) is 0 Å².